The summed E-state index contributed by atoms with van der Waals surface area (Å²) in [6.45, 7) is -0.217. The number of nitrogens with one attached hydrogen (secondary N) is 2. The Morgan fingerprint density at radius 2 is 1.77 bits per heavy atom. The Bertz CT molecular complexity index is 1630. The topological polar surface area (TPSA) is 133 Å². The molecule has 0 aliphatic heterocycles. The van der Waals surface area contributed by atoms with E-state index in [-0.39, 0.29) is 29.8 Å². The molecule has 0 saturated carbocycles. The van der Waals surface area contributed by atoms with Gasteiger partial charge in [-0.1, -0.05) is 24.3 Å². The van der Waals surface area contributed by atoms with Gasteiger partial charge >= 0.3 is 6.43 Å². The normalized spacial score (nSPS) is 11.4. The maximum atomic E-state index is 14.0. The average molecular weight is 577 g/mol. The highest BCUT2D eigenvalue weighted by Crippen LogP contribution is 2.32. The average Bonchev–Trinajstić information content (AvgIpc) is 3.44. The lowest BCUT2D eigenvalue weighted by atomic mass is 10.1. The second-order valence-electron chi connectivity index (χ2n) is 8.28. The fourth-order valence-corrected chi connectivity index (χ4v) is 4.93. The molecule has 0 spiro atoms. The van der Waals surface area contributed by atoms with Gasteiger partial charge in [0.1, 0.15) is 17.3 Å². The van der Waals surface area contributed by atoms with Gasteiger partial charge in [-0.2, -0.15) is 8.78 Å². The molecule has 40 heavy (non-hydrogen) atoms. The number of halogens is 3. The molecule has 14 heteroatoms. The standard InChI is InChI=1S/C26H23F3N4O6S/c1-37-18-9-7-16(21(13-18)38-2)14-30-40(35,36)22-12-17(31-23(34)11-15-5-3-4-6-20(15)27)8-10-19(22)25-32-33-26(39-25)24(28)29/h3-10,12-13,24,30H,11,14H2,1-2H3,(H,31,34). The van der Waals surface area contributed by atoms with Crippen LogP contribution >= 0.6 is 0 Å². The van der Waals surface area contributed by atoms with E-state index in [4.69, 9.17) is 13.9 Å². The number of rotatable bonds is 11. The summed E-state index contributed by atoms with van der Waals surface area (Å²) in [5.41, 5.74) is 0.479. The fourth-order valence-electron chi connectivity index (χ4n) is 3.70. The van der Waals surface area contributed by atoms with Gasteiger partial charge in [-0.25, -0.2) is 17.5 Å². The van der Waals surface area contributed by atoms with Gasteiger partial charge < -0.3 is 19.2 Å². The first-order chi connectivity index (χ1) is 19.1. The van der Waals surface area contributed by atoms with Gasteiger partial charge in [0.2, 0.25) is 21.8 Å². The molecule has 210 valence electrons. The Morgan fingerprint density at radius 3 is 2.45 bits per heavy atom. The van der Waals surface area contributed by atoms with Crippen LogP contribution in [0.5, 0.6) is 11.5 Å². The summed E-state index contributed by atoms with van der Waals surface area (Å²) < 4.78 is 84.9. The first-order valence-corrected chi connectivity index (χ1v) is 13.1. The van der Waals surface area contributed by atoms with Crippen molar-refractivity contribution in [3.63, 3.8) is 0 Å². The number of ether oxygens (including phenoxy) is 2. The summed E-state index contributed by atoms with van der Waals surface area (Å²) in [7, 11) is -1.49. The van der Waals surface area contributed by atoms with Gasteiger partial charge in [0.15, 0.2) is 0 Å². The zero-order valence-corrected chi connectivity index (χ0v) is 22.0. The molecular formula is C26H23F3N4O6S. The van der Waals surface area contributed by atoms with E-state index in [2.05, 4.69) is 20.2 Å². The number of nitrogens with zero attached hydrogens (tertiary/aromatic N) is 2. The van der Waals surface area contributed by atoms with Crippen LogP contribution < -0.4 is 19.5 Å². The number of benzene rings is 3. The Kier molecular flexibility index (Phi) is 8.70. The molecular weight excluding hydrogens is 553 g/mol. The summed E-state index contributed by atoms with van der Waals surface area (Å²) in [6.07, 6.45) is -3.38. The van der Waals surface area contributed by atoms with Crippen LogP contribution in [0.4, 0.5) is 18.9 Å². The minimum Gasteiger partial charge on any atom is -0.497 e. The second-order valence-corrected chi connectivity index (χ2v) is 10.0. The SMILES string of the molecule is COc1ccc(CNS(=O)(=O)c2cc(NC(=O)Cc3ccccc3F)ccc2-c2nnc(C(F)F)o2)c(OC)c1. The van der Waals surface area contributed by atoms with Crippen LogP contribution in [0.25, 0.3) is 11.5 Å². The molecule has 0 bridgehead atoms. The van der Waals surface area contributed by atoms with Gasteiger partial charge in [0.05, 0.1) is 31.1 Å². The van der Waals surface area contributed by atoms with Crippen LogP contribution in [0, 0.1) is 5.82 Å². The molecule has 1 amide bonds. The number of alkyl halides is 2. The van der Waals surface area contributed by atoms with E-state index in [9.17, 15) is 26.4 Å². The monoisotopic (exact) mass is 576 g/mol. The number of methoxy groups -OCH3 is 2. The number of aromatic nitrogens is 2. The number of sulfonamides is 1. The van der Waals surface area contributed by atoms with Crippen LogP contribution in [-0.4, -0.2) is 38.7 Å². The number of carbonyl (C=O) groups is 1. The molecule has 0 unspecified atom stereocenters. The van der Waals surface area contributed by atoms with E-state index in [1.165, 1.54) is 44.6 Å². The van der Waals surface area contributed by atoms with Gasteiger partial charge in [-0.3, -0.25) is 4.79 Å². The number of hydrogen-bond acceptors (Lipinski definition) is 8. The van der Waals surface area contributed by atoms with Crippen LogP contribution in [0.3, 0.4) is 0 Å². The molecule has 4 rings (SSSR count). The first kappa shape index (κ1) is 28.6. The zero-order chi connectivity index (χ0) is 28.9. The first-order valence-electron chi connectivity index (χ1n) is 11.6. The fraction of sp³-hybridized carbons (Fsp3) is 0.192. The van der Waals surface area contributed by atoms with Crippen molar-refractivity contribution in [2.45, 2.75) is 24.3 Å². The van der Waals surface area contributed by atoms with E-state index < -0.39 is 44.9 Å². The van der Waals surface area contributed by atoms with E-state index in [0.717, 1.165) is 6.07 Å². The summed E-state index contributed by atoms with van der Waals surface area (Å²) in [6, 6.07) is 14.2. The molecule has 0 aliphatic rings. The van der Waals surface area contributed by atoms with Gasteiger partial charge in [-0.15, -0.1) is 10.2 Å². The van der Waals surface area contributed by atoms with Gasteiger partial charge in [0.25, 0.3) is 5.89 Å². The molecule has 1 aromatic heterocycles. The Labute approximate surface area is 227 Å². The van der Waals surface area contributed by atoms with E-state index in [1.807, 2.05) is 0 Å². The van der Waals surface area contributed by atoms with E-state index in [1.54, 1.807) is 24.3 Å². The molecule has 2 N–H and O–H groups in total. The molecule has 0 saturated heterocycles. The predicted molar refractivity (Wildman–Crippen MR) is 137 cm³/mol. The Morgan fingerprint density at radius 1 is 1.00 bits per heavy atom. The number of carbonyl (C=O) groups excluding carboxylic acids is 1. The maximum Gasteiger partial charge on any atom is 0.314 e. The van der Waals surface area contributed by atoms with Gasteiger partial charge in [0, 0.05) is 23.9 Å². The molecule has 1 heterocycles. The van der Waals surface area contributed by atoms with Crippen molar-refractivity contribution in [3.05, 3.63) is 83.5 Å². The molecule has 10 nitrogen and oxygen atoms in total. The zero-order valence-electron chi connectivity index (χ0n) is 21.2. The third-order valence-electron chi connectivity index (χ3n) is 5.67. The highest BCUT2D eigenvalue weighted by molar-refractivity contribution is 7.89. The Hall–Kier alpha value is -4.43. The lowest BCUT2D eigenvalue weighted by molar-refractivity contribution is -0.115. The minimum absolute atomic E-state index is 0.0427. The third-order valence-corrected chi connectivity index (χ3v) is 7.11. The summed E-state index contributed by atoms with van der Waals surface area (Å²) in [4.78, 5) is 12.1. The van der Waals surface area contributed by atoms with E-state index >= 15 is 0 Å². The molecule has 3 aromatic carbocycles. The largest absolute Gasteiger partial charge is 0.497 e. The number of anilines is 1. The third kappa shape index (κ3) is 6.58. The minimum atomic E-state index is -4.38. The quantitative estimate of drug-likeness (QED) is 0.267. The van der Waals surface area contributed by atoms with Crippen molar-refractivity contribution in [1.82, 2.24) is 14.9 Å². The van der Waals surface area contributed by atoms with Crippen LogP contribution in [0.15, 0.2) is 70.0 Å². The summed E-state index contributed by atoms with van der Waals surface area (Å²) in [5, 5.41) is 9.33. The number of amides is 1. The highest BCUT2D eigenvalue weighted by Gasteiger charge is 2.26. The summed E-state index contributed by atoms with van der Waals surface area (Å²) >= 11 is 0. The predicted octanol–water partition coefficient (Wildman–Crippen LogP) is 4.49. The van der Waals surface area contributed by atoms with Crippen LogP contribution in [0.2, 0.25) is 0 Å². The van der Waals surface area contributed by atoms with Crippen molar-refractivity contribution in [1.29, 1.82) is 0 Å². The molecule has 0 aliphatic carbocycles. The smallest absolute Gasteiger partial charge is 0.314 e. The molecule has 0 atom stereocenters. The van der Waals surface area contributed by atoms with Crippen molar-refractivity contribution in [3.8, 4) is 23.0 Å². The van der Waals surface area contributed by atoms with Crippen molar-refractivity contribution in [2.75, 3.05) is 19.5 Å². The second kappa shape index (κ2) is 12.2. The maximum absolute atomic E-state index is 14.0. The van der Waals surface area contributed by atoms with E-state index in [0.29, 0.717) is 17.1 Å². The lowest BCUT2D eigenvalue weighted by Crippen LogP contribution is -2.24. The van der Waals surface area contributed by atoms with Gasteiger partial charge in [-0.05, 0) is 35.9 Å². The highest BCUT2D eigenvalue weighted by atomic mass is 32.2. The molecule has 0 radical (unpaired) electrons. The van der Waals surface area contributed by atoms with Crippen LogP contribution in [0.1, 0.15) is 23.4 Å². The van der Waals surface area contributed by atoms with Crippen molar-refractivity contribution < 1.29 is 40.3 Å². The lowest BCUT2D eigenvalue weighted by Gasteiger charge is -2.14. The molecule has 0 fully saturated rings. The van der Waals surface area contributed by atoms with Crippen molar-refractivity contribution in [2.24, 2.45) is 0 Å². The van der Waals surface area contributed by atoms with Crippen molar-refractivity contribution >= 4 is 21.6 Å². The van der Waals surface area contributed by atoms with Crippen LogP contribution in [-0.2, 0) is 27.8 Å². The summed E-state index contributed by atoms with van der Waals surface area (Å²) in [5.74, 6) is -1.79. The molecule has 4 aromatic rings. The Balaban J connectivity index is 1.66. The number of hydrogen-bond donors (Lipinski definition) is 2.